The van der Waals surface area contributed by atoms with E-state index in [0.29, 0.717) is 15.6 Å². The molecule has 2 rings (SSSR count). The molecule has 1 aromatic carbocycles. The largest absolute Gasteiger partial charge is 0.507 e. The highest BCUT2D eigenvalue weighted by molar-refractivity contribution is 6.42. The van der Waals surface area contributed by atoms with E-state index in [-0.39, 0.29) is 5.76 Å². The summed E-state index contributed by atoms with van der Waals surface area (Å²) in [6.07, 6.45) is 2.62. The fraction of sp³-hybridized carbons (Fsp3) is 0.0667. The molecule has 1 N–H and O–H groups in total. The maximum Gasteiger partial charge on any atom is 0.351 e. The van der Waals surface area contributed by atoms with Crippen LogP contribution in [0.15, 0.2) is 39.6 Å². The minimum absolute atomic E-state index is 0.225. The Bertz CT molecular complexity index is 791. The van der Waals surface area contributed by atoms with E-state index in [9.17, 15) is 14.7 Å². The van der Waals surface area contributed by atoms with Crippen LogP contribution < -0.4 is 5.63 Å². The summed E-state index contributed by atoms with van der Waals surface area (Å²) in [5.74, 6) is -0.845. The average molecular weight is 325 g/mol. The summed E-state index contributed by atoms with van der Waals surface area (Å²) < 4.78 is 4.79. The topological polar surface area (TPSA) is 67.5 Å². The minimum Gasteiger partial charge on any atom is -0.507 e. The number of carbonyl (C=O) groups is 1. The summed E-state index contributed by atoms with van der Waals surface area (Å²) in [6.45, 7) is 1.50. The van der Waals surface area contributed by atoms with Gasteiger partial charge in [0.1, 0.15) is 17.1 Å². The number of hydrogen-bond acceptors (Lipinski definition) is 4. The molecular weight excluding hydrogens is 315 g/mol. The molecule has 1 aromatic heterocycles. The Hall–Kier alpha value is -2.04. The van der Waals surface area contributed by atoms with Crippen LogP contribution >= 0.6 is 23.2 Å². The van der Waals surface area contributed by atoms with Crippen molar-refractivity contribution in [3.05, 3.63) is 67.7 Å². The van der Waals surface area contributed by atoms with Crippen molar-refractivity contribution in [2.45, 2.75) is 6.92 Å². The molecule has 0 amide bonds. The van der Waals surface area contributed by atoms with E-state index in [1.165, 1.54) is 19.1 Å². The van der Waals surface area contributed by atoms with Gasteiger partial charge in [0.15, 0.2) is 5.78 Å². The lowest BCUT2D eigenvalue weighted by Crippen LogP contribution is -2.12. The van der Waals surface area contributed by atoms with Gasteiger partial charge in [0.25, 0.3) is 0 Å². The molecular formula is C15H10Cl2O4. The Kier molecular flexibility index (Phi) is 4.50. The molecule has 0 radical (unpaired) electrons. The van der Waals surface area contributed by atoms with E-state index >= 15 is 0 Å². The Morgan fingerprint density at radius 1 is 1.24 bits per heavy atom. The standard InChI is InChI=1S/C15H10Cl2O4/c1-8-6-13(19)14(15(20)21-8)12(18)5-3-9-2-4-10(16)11(17)7-9/h2-7,19H,1H3. The SMILES string of the molecule is Cc1cc(O)c(C(=O)C=Cc2ccc(Cl)c(Cl)c2)c(=O)o1. The highest BCUT2D eigenvalue weighted by Crippen LogP contribution is 2.23. The number of aromatic hydroxyl groups is 1. The quantitative estimate of drug-likeness (QED) is 0.687. The normalized spacial score (nSPS) is 11.0. The third kappa shape index (κ3) is 3.54. The summed E-state index contributed by atoms with van der Waals surface area (Å²) in [4.78, 5) is 23.5. The van der Waals surface area contributed by atoms with Crippen LogP contribution in [-0.2, 0) is 0 Å². The number of carbonyl (C=O) groups excluding carboxylic acids is 1. The van der Waals surface area contributed by atoms with E-state index in [4.69, 9.17) is 27.6 Å². The Morgan fingerprint density at radius 3 is 2.57 bits per heavy atom. The lowest BCUT2D eigenvalue weighted by Gasteiger charge is -2.00. The Morgan fingerprint density at radius 2 is 1.95 bits per heavy atom. The molecule has 21 heavy (non-hydrogen) atoms. The molecule has 1 heterocycles. The molecule has 0 atom stereocenters. The maximum absolute atomic E-state index is 12.0. The smallest absolute Gasteiger partial charge is 0.351 e. The second-order valence-corrected chi connectivity index (χ2v) is 5.09. The highest BCUT2D eigenvalue weighted by atomic mass is 35.5. The van der Waals surface area contributed by atoms with Crippen molar-refractivity contribution < 1.29 is 14.3 Å². The zero-order chi connectivity index (χ0) is 15.6. The van der Waals surface area contributed by atoms with Gasteiger partial charge in [-0.3, -0.25) is 4.79 Å². The van der Waals surface area contributed by atoms with E-state index in [1.807, 2.05) is 0 Å². The van der Waals surface area contributed by atoms with Crippen LogP contribution in [0.5, 0.6) is 5.75 Å². The summed E-state index contributed by atoms with van der Waals surface area (Å²) in [6, 6.07) is 6.04. The van der Waals surface area contributed by atoms with Gasteiger partial charge in [-0.1, -0.05) is 35.3 Å². The van der Waals surface area contributed by atoms with Gasteiger partial charge >= 0.3 is 5.63 Å². The molecule has 0 unspecified atom stereocenters. The van der Waals surface area contributed by atoms with Crippen LogP contribution in [0.4, 0.5) is 0 Å². The summed E-state index contributed by atoms with van der Waals surface area (Å²) in [7, 11) is 0. The lowest BCUT2D eigenvalue weighted by molar-refractivity contribution is 0.104. The van der Waals surface area contributed by atoms with Gasteiger partial charge in [-0.05, 0) is 30.7 Å². The molecule has 0 aliphatic rings. The summed E-state index contributed by atoms with van der Waals surface area (Å²) >= 11 is 11.6. The van der Waals surface area contributed by atoms with Gasteiger partial charge in [0.05, 0.1) is 10.0 Å². The third-order valence-corrected chi connectivity index (χ3v) is 3.41. The molecule has 2 aromatic rings. The van der Waals surface area contributed by atoms with Crippen molar-refractivity contribution in [1.82, 2.24) is 0 Å². The molecule has 6 heteroatoms. The van der Waals surface area contributed by atoms with Gasteiger partial charge < -0.3 is 9.52 Å². The van der Waals surface area contributed by atoms with Crippen LogP contribution in [0.2, 0.25) is 10.0 Å². The van der Waals surface area contributed by atoms with Crippen molar-refractivity contribution in [2.75, 3.05) is 0 Å². The van der Waals surface area contributed by atoms with Crippen LogP contribution in [0.3, 0.4) is 0 Å². The average Bonchev–Trinajstić information content (AvgIpc) is 2.39. The Balaban J connectivity index is 2.31. The molecule has 108 valence electrons. The van der Waals surface area contributed by atoms with Gasteiger partial charge in [0.2, 0.25) is 0 Å². The second-order valence-electron chi connectivity index (χ2n) is 4.28. The van der Waals surface area contributed by atoms with Crippen molar-refractivity contribution in [3.63, 3.8) is 0 Å². The first-order valence-corrected chi connectivity index (χ1v) is 6.65. The van der Waals surface area contributed by atoms with Crippen LogP contribution in [-0.4, -0.2) is 10.9 Å². The molecule has 0 aliphatic heterocycles. The molecule has 0 saturated carbocycles. The first-order valence-electron chi connectivity index (χ1n) is 5.89. The fourth-order valence-corrected chi connectivity index (χ4v) is 2.00. The first kappa shape index (κ1) is 15.4. The fourth-order valence-electron chi connectivity index (χ4n) is 1.69. The number of allylic oxidation sites excluding steroid dienone is 1. The predicted molar refractivity (Wildman–Crippen MR) is 81.2 cm³/mol. The number of rotatable bonds is 3. The molecule has 0 fully saturated rings. The van der Waals surface area contributed by atoms with E-state index in [0.717, 1.165) is 6.08 Å². The third-order valence-electron chi connectivity index (χ3n) is 2.67. The number of ketones is 1. The predicted octanol–water partition coefficient (Wildman–Crippen LogP) is 3.86. The lowest BCUT2D eigenvalue weighted by atomic mass is 10.1. The van der Waals surface area contributed by atoms with Gasteiger partial charge in [-0.15, -0.1) is 0 Å². The number of benzene rings is 1. The highest BCUT2D eigenvalue weighted by Gasteiger charge is 2.15. The van der Waals surface area contributed by atoms with Gasteiger partial charge in [-0.25, -0.2) is 4.79 Å². The molecule has 0 aliphatic carbocycles. The van der Waals surface area contributed by atoms with E-state index in [2.05, 4.69) is 0 Å². The van der Waals surface area contributed by atoms with E-state index in [1.54, 1.807) is 18.2 Å². The minimum atomic E-state index is -0.878. The molecule has 4 nitrogen and oxygen atoms in total. The number of hydrogen-bond donors (Lipinski definition) is 1. The van der Waals surface area contributed by atoms with Crippen molar-refractivity contribution in [2.24, 2.45) is 0 Å². The van der Waals surface area contributed by atoms with Crippen molar-refractivity contribution >= 4 is 35.1 Å². The van der Waals surface area contributed by atoms with Gasteiger partial charge in [0, 0.05) is 6.07 Å². The van der Waals surface area contributed by atoms with Crippen LogP contribution in [0.1, 0.15) is 21.7 Å². The second kappa shape index (κ2) is 6.16. The van der Waals surface area contributed by atoms with Crippen molar-refractivity contribution in [1.29, 1.82) is 0 Å². The number of halogens is 2. The first-order chi connectivity index (χ1) is 9.88. The maximum atomic E-state index is 12.0. The Labute approximate surface area is 130 Å². The number of aryl methyl sites for hydroxylation is 1. The summed E-state index contributed by atoms with van der Waals surface area (Å²) in [5, 5.41) is 10.4. The molecule has 0 bridgehead atoms. The van der Waals surface area contributed by atoms with Crippen molar-refractivity contribution in [3.8, 4) is 5.75 Å². The van der Waals surface area contributed by atoms with Gasteiger partial charge in [-0.2, -0.15) is 0 Å². The van der Waals surface area contributed by atoms with Crippen LogP contribution in [0, 0.1) is 6.92 Å². The van der Waals surface area contributed by atoms with Crippen LogP contribution in [0.25, 0.3) is 6.08 Å². The molecule has 0 saturated heterocycles. The zero-order valence-corrected chi connectivity index (χ0v) is 12.4. The monoisotopic (exact) mass is 324 g/mol. The zero-order valence-electron chi connectivity index (χ0n) is 10.9. The molecule has 0 spiro atoms. The van der Waals surface area contributed by atoms with E-state index < -0.39 is 22.7 Å². The summed E-state index contributed by atoms with van der Waals surface area (Å²) in [5.41, 5.74) is -0.651.